The summed E-state index contributed by atoms with van der Waals surface area (Å²) in [7, 11) is 0. The van der Waals surface area contributed by atoms with Crippen molar-refractivity contribution in [3.05, 3.63) is 65.2 Å². The molecular weight excluding hydrogens is 360 g/mol. The second kappa shape index (κ2) is 10.0. The van der Waals surface area contributed by atoms with Crippen molar-refractivity contribution in [2.24, 2.45) is 0 Å². The van der Waals surface area contributed by atoms with Gasteiger partial charge in [-0.1, -0.05) is 12.1 Å². The molecule has 0 aliphatic heterocycles. The number of hydrogen-bond acceptors (Lipinski definition) is 5. The Morgan fingerprint density at radius 3 is 2.04 bits per heavy atom. The van der Waals surface area contributed by atoms with Crippen LogP contribution in [0, 0.1) is 0 Å². The molecule has 0 radical (unpaired) electrons. The van der Waals surface area contributed by atoms with Crippen LogP contribution in [0.25, 0.3) is 0 Å². The van der Waals surface area contributed by atoms with E-state index in [9.17, 15) is 19.2 Å². The predicted octanol–water partition coefficient (Wildman–Crippen LogP) is 2.78. The second-order valence-corrected chi connectivity index (χ2v) is 5.92. The van der Waals surface area contributed by atoms with Gasteiger partial charge in [-0.2, -0.15) is 0 Å². The van der Waals surface area contributed by atoms with Crippen LogP contribution in [0.3, 0.4) is 0 Å². The van der Waals surface area contributed by atoms with Gasteiger partial charge in [0.15, 0.2) is 6.61 Å². The standard InChI is InChI=1S/C21H22N2O5/c1-3-23(4-2)20(26)16-9-11-18(12-10-16)22-19(25)14-28-21(27)17-7-5-15(13-24)6-8-17/h5-13H,3-4,14H2,1-2H3,(H,22,25). The number of benzene rings is 2. The highest BCUT2D eigenvalue weighted by Crippen LogP contribution is 2.12. The highest BCUT2D eigenvalue weighted by molar-refractivity contribution is 5.97. The molecule has 0 aliphatic rings. The Labute approximate surface area is 163 Å². The zero-order valence-corrected chi connectivity index (χ0v) is 15.8. The van der Waals surface area contributed by atoms with E-state index in [2.05, 4.69) is 5.32 Å². The lowest BCUT2D eigenvalue weighted by molar-refractivity contribution is -0.119. The molecule has 2 rings (SSSR count). The average Bonchev–Trinajstić information content (AvgIpc) is 2.73. The lowest BCUT2D eigenvalue weighted by Crippen LogP contribution is -2.30. The molecule has 2 amide bonds. The minimum absolute atomic E-state index is 0.0718. The Hall–Kier alpha value is -3.48. The highest BCUT2D eigenvalue weighted by atomic mass is 16.5. The number of nitrogens with zero attached hydrogens (tertiary/aromatic N) is 1. The largest absolute Gasteiger partial charge is 0.452 e. The maximum atomic E-state index is 12.3. The van der Waals surface area contributed by atoms with E-state index in [1.54, 1.807) is 29.2 Å². The van der Waals surface area contributed by atoms with Crippen molar-refractivity contribution >= 4 is 29.8 Å². The van der Waals surface area contributed by atoms with Crippen molar-refractivity contribution < 1.29 is 23.9 Å². The minimum atomic E-state index is -0.659. The molecule has 0 heterocycles. The van der Waals surface area contributed by atoms with Crippen molar-refractivity contribution in [3.63, 3.8) is 0 Å². The molecule has 146 valence electrons. The van der Waals surface area contributed by atoms with Gasteiger partial charge >= 0.3 is 5.97 Å². The molecule has 7 nitrogen and oxygen atoms in total. The van der Waals surface area contributed by atoms with Crippen LogP contribution in [0.4, 0.5) is 5.69 Å². The van der Waals surface area contributed by atoms with Crippen molar-refractivity contribution in [2.75, 3.05) is 25.0 Å². The Bertz CT molecular complexity index is 840. The number of amides is 2. The molecule has 0 saturated heterocycles. The maximum Gasteiger partial charge on any atom is 0.338 e. The summed E-state index contributed by atoms with van der Waals surface area (Å²) in [5, 5.41) is 2.60. The van der Waals surface area contributed by atoms with Crippen LogP contribution < -0.4 is 5.32 Å². The Morgan fingerprint density at radius 2 is 1.50 bits per heavy atom. The number of carbonyl (C=O) groups is 4. The van der Waals surface area contributed by atoms with Gasteiger partial charge in [0.25, 0.3) is 11.8 Å². The summed E-state index contributed by atoms with van der Waals surface area (Å²) in [4.78, 5) is 48.4. The van der Waals surface area contributed by atoms with Crippen LogP contribution in [-0.2, 0) is 9.53 Å². The second-order valence-electron chi connectivity index (χ2n) is 5.92. The van der Waals surface area contributed by atoms with Gasteiger partial charge in [0, 0.05) is 29.9 Å². The number of rotatable bonds is 8. The van der Waals surface area contributed by atoms with Crippen LogP contribution in [0.1, 0.15) is 44.9 Å². The summed E-state index contributed by atoms with van der Waals surface area (Å²) in [6, 6.07) is 12.4. The van der Waals surface area contributed by atoms with Crippen LogP contribution in [0.2, 0.25) is 0 Å². The van der Waals surface area contributed by atoms with E-state index in [4.69, 9.17) is 4.74 Å². The molecule has 0 aromatic heterocycles. The molecular formula is C21H22N2O5. The highest BCUT2D eigenvalue weighted by Gasteiger charge is 2.13. The molecule has 0 saturated carbocycles. The van der Waals surface area contributed by atoms with E-state index in [1.165, 1.54) is 24.3 Å². The van der Waals surface area contributed by atoms with Crippen molar-refractivity contribution in [1.82, 2.24) is 4.90 Å². The van der Waals surface area contributed by atoms with E-state index in [-0.39, 0.29) is 11.5 Å². The minimum Gasteiger partial charge on any atom is -0.452 e. The number of carbonyl (C=O) groups excluding carboxylic acids is 4. The molecule has 28 heavy (non-hydrogen) atoms. The first-order valence-corrected chi connectivity index (χ1v) is 8.90. The van der Waals surface area contributed by atoms with Crippen molar-refractivity contribution in [2.45, 2.75) is 13.8 Å². The summed E-state index contributed by atoms with van der Waals surface area (Å²) >= 11 is 0. The molecule has 1 N–H and O–H groups in total. The monoisotopic (exact) mass is 382 g/mol. The summed E-state index contributed by atoms with van der Waals surface area (Å²) in [6.45, 7) is 4.62. The summed E-state index contributed by atoms with van der Waals surface area (Å²) in [5.41, 5.74) is 1.72. The van der Waals surface area contributed by atoms with Crippen LogP contribution in [0.5, 0.6) is 0 Å². The number of hydrogen-bond donors (Lipinski definition) is 1. The van der Waals surface area contributed by atoms with Gasteiger partial charge in [-0.15, -0.1) is 0 Å². The third kappa shape index (κ3) is 5.51. The number of aldehydes is 1. The SMILES string of the molecule is CCN(CC)C(=O)c1ccc(NC(=O)COC(=O)c2ccc(C=O)cc2)cc1. The zero-order chi connectivity index (χ0) is 20.5. The third-order valence-electron chi connectivity index (χ3n) is 4.08. The molecule has 0 aliphatic carbocycles. The van der Waals surface area contributed by atoms with E-state index in [0.717, 1.165) is 0 Å². The van der Waals surface area contributed by atoms with Gasteiger partial charge in [-0.05, 0) is 50.2 Å². The molecule has 0 bridgehead atoms. The number of anilines is 1. The smallest absolute Gasteiger partial charge is 0.338 e. The summed E-state index contributed by atoms with van der Waals surface area (Å²) < 4.78 is 4.96. The van der Waals surface area contributed by atoms with Gasteiger partial charge in [0.1, 0.15) is 6.29 Å². The Balaban J connectivity index is 1.87. The molecule has 2 aromatic rings. The zero-order valence-electron chi connectivity index (χ0n) is 15.8. The molecule has 0 atom stereocenters. The predicted molar refractivity (Wildman–Crippen MR) is 104 cm³/mol. The Kier molecular flexibility index (Phi) is 7.45. The first-order chi connectivity index (χ1) is 13.5. The number of esters is 1. The first kappa shape index (κ1) is 20.8. The molecule has 0 unspecified atom stereocenters. The maximum absolute atomic E-state index is 12.3. The molecule has 0 spiro atoms. The van der Waals surface area contributed by atoms with Crippen molar-refractivity contribution in [3.8, 4) is 0 Å². The fraction of sp³-hybridized carbons (Fsp3) is 0.238. The van der Waals surface area contributed by atoms with Gasteiger partial charge in [0.2, 0.25) is 0 Å². The lowest BCUT2D eigenvalue weighted by atomic mass is 10.1. The fourth-order valence-electron chi connectivity index (χ4n) is 2.50. The fourth-order valence-corrected chi connectivity index (χ4v) is 2.50. The quantitative estimate of drug-likeness (QED) is 0.560. The van der Waals surface area contributed by atoms with Crippen LogP contribution >= 0.6 is 0 Å². The van der Waals surface area contributed by atoms with Crippen LogP contribution in [-0.4, -0.2) is 48.7 Å². The number of ether oxygens (including phenoxy) is 1. The molecule has 2 aromatic carbocycles. The number of nitrogens with one attached hydrogen (secondary N) is 1. The van der Waals surface area contributed by atoms with Gasteiger partial charge in [0.05, 0.1) is 5.56 Å². The van der Waals surface area contributed by atoms with Crippen molar-refractivity contribution in [1.29, 1.82) is 0 Å². The van der Waals surface area contributed by atoms with E-state index in [0.29, 0.717) is 36.2 Å². The van der Waals surface area contributed by atoms with Gasteiger partial charge in [-0.25, -0.2) is 4.79 Å². The summed E-state index contributed by atoms with van der Waals surface area (Å²) in [5.74, 6) is -1.23. The third-order valence-corrected chi connectivity index (χ3v) is 4.08. The normalized spacial score (nSPS) is 10.1. The topological polar surface area (TPSA) is 92.8 Å². The summed E-state index contributed by atoms with van der Waals surface area (Å²) in [6.07, 6.45) is 0.670. The lowest BCUT2D eigenvalue weighted by Gasteiger charge is -2.18. The van der Waals surface area contributed by atoms with E-state index in [1.807, 2.05) is 13.8 Å². The van der Waals surface area contributed by atoms with Gasteiger partial charge in [-0.3, -0.25) is 14.4 Å². The van der Waals surface area contributed by atoms with E-state index >= 15 is 0 Å². The van der Waals surface area contributed by atoms with Crippen LogP contribution in [0.15, 0.2) is 48.5 Å². The molecule has 0 fully saturated rings. The Morgan fingerprint density at radius 1 is 0.929 bits per heavy atom. The first-order valence-electron chi connectivity index (χ1n) is 8.90. The van der Waals surface area contributed by atoms with Gasteiger partial charge < -0.3 is 15.0 Å². The van der Waals surface area contributed by atoms with E-state index < -0.39 is 18.5 Å². The average molecular weight is 382 g/mol. The molecule has 7 heteroatoms.